The Bertz CT molecular complexity index is 3430. The van der Waals surface area contributed by atoms with E-state index >= 15 is 0 Å². The lowest BCUT2D eigenvalue weighted by atomic mass is 10.0. The summed E-state index contributed by atoms with van der Waals surface area (Å²) in [5.41, 5.74) is 21.8. The number of rotatable bonds is 14. The minimum absolute atomic E-state index is 0.128. The summed E-state index contributed by atoms with van der Waals surface area (Å²) >= 11 is 57.2. The molecular formula is C56H48Cl8N8O4S2. The molecule has 0 spiro atoms. The lowest BCUT2D eigenvalue weighted by Crippen LogP contribution is -2.11. The smallest absolute Gasteiger partial charge is 0.270 e. The highest BCUT2D eigenvalue weighted by molar-refractivity contribution is 7.99. The molecule has 0 atom stereocenters. The van der Waals surface area contributed by atoms with Crippen LogP contribution >= 0.6 is 116 Å². The quantitative estimate of drug-likeness (QED) is 0.0606. The first-order chi connectivity index (χ1) is 36.8. The number of nitro groups is 2. The Morgan fingerprint density at radius 2 is 0.590 bits per heavy atom. The Morgan fingerprint density at radius 1 is 0.359 bits per heavy atom. The largest absolute Gasteiger partial charge is 0.399 e. The van der Waals surface area contributed by atoms with E-state index in [9.17, 15) is 20.2 Å². The average Bonchev–Trinajstić information content (AvgIpc) is 3.53. The molecule has 22 heteroatoms. The zero-order valence-corrected chi connectivity index (χ0v) is 50.5. The van der Waals surface area contributed by atoms with Crippen LogP contribution in [0, 0.1) is 20.2 Å². The molecule has 0 fully saturated rings. The van der Waals surface area contributed by atoms with Gasteiger partial charge < -0.3 is 31.1 Å². The van der Waals surface area contributed by atoms with Gasteiger partial charge in [0.15, 0.2) is 0 Å². The van der Waals surface area contributed by atoms with Gasteiger partial charge in [-0.1, -0.05) is 128 Å². The number of benzene rings is 8. The Hall–Kier alpha value is -5.62. The van der Waals surface area contributed by atoms with Crippen LogP contribution in [-0.4, -0.2) is 66.2 Å². The van der Waals surface area contributed by atoms with E-state index in [4.69, 9.17) is 104 Å². The number of non-ortho nitro benzene ring substituents is 2. The molecule has 4 N–H and O–H groups in total. The molecule has 0 aliphatic rings. The molecule has 0 amide bonds. The normalized spacial score (nSPS) is 11.0. The Morgan fingerprint density at radius 3 is 0.795 bits per heavy atom. The number of hydrogen-bond acceptors (Lipinski definition) is 12. The van der Waals surface area contributed by atoms with Crippen molar-refractivity contribution in [2.75, 3.05) is 87.4 Å². The van der Waals surface area contributed by atoms with Gasteiger partial charge in [-0.3, -0.25) is 20.2 Å². The fourth-order valence-corrected chi connectivity index (χ4v) is 12.8. The molecule has 78 heavy (non-hydrogen) atoms. The number of nitro benzene ring substituents is 2. The van der Waals surface area contributed by atoms with Crippen molar-refractivity contribution in [2.24, 2.45) is 0 Å². The molecule has 0 unspecified atom stereocenters. The molecule has 0 saturated heterocycles. The molecule has 0 radical (unpaired) electrons. The van der Waals surface area contributed by atoms with E-state index in [-0.39, 0.29) is 21.4 Å². The van der Waals surface area contributed by atoms with Crippen molar-refractivity contribution in [3.8, 4) is 44.5 Å². The molecule has 0 aromatic heterocycles. The van der Waals surface area contributed by atoms with Crippen LogP contribution in [0.5, 0.6) is 0 Å². The van der Waals surface area contributed by atoms with Crippen molar-refractivity contribution >= 4 is 162 Å². The number of hydrogen-bond donors (Lipinski definition) is 2. The minimum atomic E-state index is -0.509. The number of anilines is 6. The van der Waals surface area contributed by atoms with Crippen LogP contribution in [0.3, 0.4) is 0 Å². The van der Waals surface area contributed by atoms with Crippen LogP contribution in [0.1, 0.15) is 0 Å². The molecule has 12 nitrogen and oxygen atoms in total. The van der Waals surface area contributed by atoms with Gasteiger partial charge in [0.2, 0.25) is 0 Å². The summed E-state index contributed by atoms with van der Waals surface area (Å²) in [6, 6.07) is 34.9. The van der Waals surface area contributed by atoms with E-state index in [0.29, 0.717) is 73.6 Å². The molecule has 8 aromatic carbocycles. The molecule has 8 rings (SSSR count). The van der Waals surface area contributed by atoms with Gasteiger partial charge in [0.1, 0.15) is 0 Å². The SMILES string of the molecule is CN(C)c1ccc(Sc2ccc(N(C)C)c(-c3ccc(N)cc3Cl)c2Cl)c(Cl)c1-c1ccc(N)cc1Cl.CN(C)c1ccc(Sc2ccc(N(C)C)c(-c3ccc([N+](=O)[O-])cc3Cl)c2Cl)c(Cl)c1-c1ccc([N+](=O)[O-])cc1Cl. The van der Waals surface area contributed by atoms with Gasteiger partial charge in [-0.15, -0.1) is 0 Å². The maximum atomic E-state index is 11.3. The summed E-state index contributed by atoms with van der Waals surface area (Å²) in [5, 5.41) is 25.9. The van der Waals surface area contributed by atoms with Crippen LogP contribution in [0.2, 0.25) is 40.2 Å². The van der Waals surface area contributed by atoms with E-state index in [1.165, 1.54) is 47.8 Å². The zero-order valence-electron chi connectivity index (χ0n) is 42.9. The van der Waals surface area contributed by atoms with Crippen molar-refractivity contribution in [2.45, 2.75) is 19.6 Å². The van der Waals surface area contributed by atoms with Crippen molar-refractivity contribution < 1.29 is 9.85 Å². The van der Waals surface area contributed by atoms with E-state index in [1.54, 1.807) is 24.3 Å². The molecule has 0 aliphatic carbocycles. The second-order valence-electron chi connectivity index (χ2n) is 18.2. The van der Waals surface area contributed by atoms with Crippen molar-refractivity contribution in [1.82, 2.24) is 0 Å². The van der Waals surface area contributed by atoms with Gasteiger partial charge in [-0.2, -0.15) is 0 Å². The second kappa shape index (κ2) is 25.2. The number of nitrogens with zero attached hydrogens (tertiary/aromatic N) is 6. The van der Waals surface area contributed by atoms with Gasteiger partial charge in [0.25, 0.3) is 11.4 Å². The molecule has 0 heterocycles. The first-order valence-corrected chi connectivity index (χ1v) is 27.8. The highest BCUT2D eigenvalue weighted by atomic mass is 35.5. The summed E-state index contributed by atoms with van der Waals surface area (Å²) in [5.74, 6) is 0. The molecule has 0 saturated carbocycles. The van der Waals surface area contributed by atoms with Gasteiger partial charge in [0.05, 0.1) is 50.0 Å². The van der Waals surface area contributed by atoms with Crippen LogP contribution in [-0.2, 0) is 0 Å². The van der Waals surface area contributed by atoms with Crippen molar-refractivity contribution in [3.63, 3.8) is 0 Å². The van der Waals surface area contributed by atoms with Gasteiger partial charge >= 0.3 is 0 Å². The van der Waals surface area contributed by atoms with Crippen LogP contribution in [0.25, 0.3) is 44.5 Å². The Labute approximate surface area is 500 Å². The summed E-state index contributed by atoms with van der Waals surface area (Å²) in [7, 11) is 15.3. The zero-order chi connectivity index (χ0) is 57.2. The summed E-state index contributed by atoms with van der Waals surface area (Å²) in [6.07, 6.45) is 0. The molecule has 8 aromatic rings. The Balaban J connectivity index is 0.000000227. The highest BCUT2D eigenvalue weighted by Gasteiger charge is 2.26. The monoisotopic (exact) mass is 1240 g/mol. The van der Waals surface area contributed by atoms with Crippen molar-refractivity contribution in [3.05, 3.63) is 182 Å². The van der Waals surface area contributed by atoms with E-state index in [1.807, 2.05) is 149 Å². The third-order valence-electron chi connectivity index (χ3n) is 12.1. The first kappa shape index (κ1) is 60.0. The van der Waals surface area contributed by atoms with Crippen LogP contribution in [0.15, 0.2) is 141 Å². The highest BCUT2D eigenvalue weighted by Crippen LogP contribution is 2.53. The lowest BCUT2D eigenvalue weighted by molar-refractivity contribution is -0.385. The summed E-state index contributed by atoms with van der Waals surface area (Å²) in [6.45, 7) is 0. The van der Waals surface area contributed by atoms with Gasteiger partial charge in [-0.25, -0.2) is 0 Å². The standard InChI is InChI=1S/C28H22Cl4N4O4S.C28H26Cl4N4S/c1-33(2)21-9-11-23(27(31)25(21)17-7-5-15(35(37)38)13-19(17)29)41-24-12-10-22(34(3)4)26(28(24)32)18-8-6-16(36(39)40)14-20(18)30;1-35(2)21-9-11-23(27(31)25(21)17-7-5-15(33)13-19(17)29)37-24-12-10-22(36(3)4)26(28(24)32)18-8-6-16(34)14-20(18)30/h5-14H,1-4H3;5-14H,33-34H2,1-4H3. The topological polar surface area (TPSA) is 151 Å². The van der Waals surface area contributed by atoms with Crippen molar-refractivity contribution in [1.29, 1.82) is 0 Å². The second-order valence-corrected chi connectivity index (χ2v) is 23.5. The Kier molecular flexibility index (Phi) is 19.4. The summed E-state index contributed by atoms with van der Waals surface area (Å²) < 4.78 is 0. The fraction of sp³-hybridized carbons (Fsp3) is 0.143. The summed E-state index contributed by atoms with van der Waals surface area (Å²) in [4.78, 5) is 32.3. The van der Waals surface area contributed by atoms with Crippen LogP contribution in [0.4, 0.5) is 45.5 Å². The van der Waals surface area contributed by atoms with Crippen LogP contribution < -0.4 is 31.1 Å². The van der Waals surface area contributed by atoms with E-state index in [0.717, 1.165) is 54.8 Å². The molecule has 404 valence electrons. The molecule has 0 bridgehead atoms. The predicted octanol–water partition coefficient (Wildman–Crippen LogP) is 18.8. The third-order valence-corrected chi connectivity index (χ3v) is 17.6. The molecule has 0 aliphatic heterocycles. The van der Waals surface area contributed by atoms with Gasteiger partial charge in [0, 0.05) is 179 Å². The van der Waals surface area contributed by atoms with Gasteiger partial charge in [-0.05, 0) is 84.9 Å². The third kappa shape index (κ3) is 12.8. The maximum absolute atomic E-state index is 11.3. The number of nitrogen functional groups attached to an aromatic ring is 2. The number of nitrogens with two attached hydrogens (primary N) is 2. The predicted molar refractivity (Wildman–Crippen MR) is 335 cm³/mol. The first-order valence-electron chi connectivity index (χ1n) is 23.2. The fourth-order valence-electron chi connectivity index (χ4n) is 8.36. The molecular weight excluding hydrogens is 1200 g/mol. The maximum Gasteiger partial charge on any atom is 0.270 e. The minimum Gasteiger partial charge on any atom is -0.399 e. The van der Waals surface area contributed by atoms with E-state index < -0.39 is 9.85 Å². The number of halogens is 8. The lowest BCUT2D eigenvalue weighted by Gasteiger charge is -2.23. The van der Waals surface area contributed by atoms with E-state index in [2.05, 4.69) is 0 Å². The average molecular weight is 1240 g/mol.